The minimum atomic E-state index is -1.15. The Hall–Kier alpha value is -1.03. The largest absolute Gasteiger partial charge is 0.479 e. The number of thiophene rings is 1. The van der Waals surface area contributed by atoms with E-state index in [1.54, 1.807) is 11.4 Å². The van der Waals surface area contributed by atoms with E-state index in [1.165, 1.54) is 11.3 Å². The number of aliphatic carboxylic acids is 1. The van der Waals surface area contributed by atoms with E-state index in [0.29, 0.717) is 4.88 Å². The molecule has 1 heterocycles. The van der Waals surface area contributed by atoms with Gasteiger partial charge in [-0.2, -0.15) is 5.48 Å². The summed E-state index contributed by atoms with van der Waals surface area (Å²) >= 11 is 4.55. The third kappa shape index (κ3) is 5.22. The predicted octanol–water partition coefficient (Wildman–Crippen LogP) is 1.43. The minimum absolute atomic E-state index is 0.382. The highest BCUT2D eigenvalue weighted by Crippen LogP contribution is 2.25. The molecule has 0 bridgehead atoms. The van der Waals surface area contributed by atoms with Gasteiger partial charge in [0.2, 0.25) is 6.54 Å². The van der Waals surface area contributed by atoms with Crippen molar-refractivity contribution in [3.8, 4) is 0 Å². The first-order valence-electron chi connectivity index (χ1n) is 4.44. The molecule has 1 rings (SSSR count). The van der Waals surface area contributed by atoms with Crippen molar-refractivity contribution in [1.82, 2.24) is 5.48 Å². The fraction of sp³-hybridized carbons (Fsp3) is 0.375. The molecule has 0 aliphatic heterocycles. The molecule has 0 aromatic carbocycles. The average Bonchev–Trinajstić information content (AvgIpc) is 2.62. The molecule has 2 N–H and O–H groups in total. The number of hydrogen-bond acceptors (Lipinski definition) is 6. The molecule has 0 amide bonds. The van der Waals surface area contributed by atoms with E-state index in [-0.39, 0.29) is 6.54 Å². The molecule has 0 aliphatic rings. The number of rotatable bonds is 7. The summed E-state index contributed by atoms with van der Waals surface area (Å²) in [6.07, 6.45) is 0. The molecule has 0 saturated heterocycles. The molecule has 17 heavy (non-hydrogen) atoms. The molecule has 0 fully saturated rings. The molecule has 94 valence electrons. The second-order valence-electron chi connectivity index (χ2n) is 3.04. The third-order valence-corrected chi connectivity index (χ3v) is 3.49. The van der Waals surface area contributed by atoms with Crippen molar-refractivity contribution in [2.45, 2.75) is 6.04 Å². The second-order valence-corrected chi connectivity index (χ2v) is 4.89. The highest BCUT2D eigenvalue weighted by molar-refractivity contribution is 9.10. The van der Waals surface area contributed by atoms with Gasteiger partial charge >= 0.3 is 5.97 Å². The van der Waals surface area contributed by atoms with Crippen LogP contribution in [0.15, 0.2) is 15.9 Å². The number of nitrogens with zero attached hydrogens (tertiary/aromatic N) is 1. The Bertz CT molecular complexity index is 410. The van der Waals surface area contributed by atoms with Crippen LogP contribution in [0.4, 0.5) is 0 Å². The van der Waals surface area contributed by atoms with Gasteiger partial charge in [-0.1, -0.05) is 0 Å². The Morgan fingerprint density at radius 2 is 2.47 bits per heavy atom. The summed E-state index contributed by atoms with van der Waals surface area (Å²) in [5, 5.41) is 20.6. The van der Waals surface area contributed by atoms with Crippen molar-refractivity contribution in [3.63, 3.8) is 0 Å². The van der Waals surface area contributed by atoms with Crippen molar-refractivity contribution in [2.75, 3.05) is 13.2 Å². The second kappa shape index (κ2) is 6.64. The van der Waals surface area contributed by atoms with Gasteiger partial charge in [-0.15, -0.1) is 11.3 Å². The van der Waals surface area contributed by atoms with Crippen molar-refractivity contribution in [3.05, 3.63) is 30.9 Å². The first kappa shape index (κ1) is 14.0. The van der Waals surface area contributed by atoms with Crippen molar-refractivity contribution in [2.24, 2.45) is 0 Å². The first-order valence-corrected chi connectivity index (χ1v) is 6.11. The smallest absolute Gasteiger partial charge is 0.331 e. The molecule has 7 nitrogen and oxygen atoms in total. The monoisotopic (exact) mass is 324 g/mol. The fourth-order valence-corrected chi connectivity index (χ4v) is 2.53. The summed E-state index contributed by atoms with van der Waals surface area (Å²) in [4.78, 5) is 25.6. The van der Waals surface area contributed by atoms with Gasteiger partial charge in [-0.05, 0) is 22.0 Å². The number of hydrogen-bond donors (Lipinski definition) is 2. The zero-order valence-electron chi connectivity index (χ0n) is 8.46. The number of hydroxylamine groups is 1. The van der Waals surface area contributed by atoms with Crippen molar-refractivity contribution in [1.29, 1.82) is 0 Å². The van der Waals surface area contributed by atoms with E-state index >= 15 is 0 Å². The van der Waals surface area contributed by atoms with Crippen LogP contribution in [0.2, 0.25) is 0 Å². The van der Waals surface area contributed by atoms with Gasteiger partial charge in [0.1, 0.15) is 6.04 Å². The number of halogens is 1. The maximum absolute atomic E-state index is 10.5. The lowest BCUT2D eigenvalue weighted by molar-refractivity contribution is -0.486. The molecule has 1 unspecified atom stereocenters. The molecule has 9 heteroatoms. The van der Waals surface area contributed by atoms with Crippen LogP contribution in [0.3, 0.4) is 0 Å². The van der Waals surface area contributed by atoms with Gasteiger partial charge in [-0.3, -0.25) is 15.0 Å². The zero-order chi connectivity index (χ0) is 12.8. The lowest BCUT2D eigenvalue weighted by Gasteiger charge is -2.11. The number of nitro groups is 1. The minimum Gasteiger partial charge on any atom is -0.479 e. The van der Waals surface area contributed by atoms with Crippen molar-refractivity contribution >= 4 is 33.2 Å². The molecule has 0 saturated carbocycles. The van der Waals surface area contributed by atoms with Crippen LogP contribution in [0.5, 0.6) is 0 Å². The maximum atomic E-state index is 10.5. The number of carboxylic acids is 1. The quantitative estimate of drug-likeness (QED) is 0.581. The summed E-state index contributed by atoms with van der Waals surface area (Å²) in [5.74, 6) is -1.15. The third-order valence-electron chi connectivity index (χ3n) is 1.68. The Balaban J connectivity index is 2.60. The Kier molecular flexibility index (Phi) is 5.48. The number of carboxylic acid groups (broad SMARTS) is 1. The molecule has 0 radical (unpaired) electrons. The summed E-state index contributed by atoms with van der Waals surface area (Å²) in [6.45, 7) is -0.937. The van der Waals surface area contributed by atoms with Crippen LogP contribution in [-0.4, -0.2) is 29.2 Å². The van der Waals surface area contributed by atoms with E-state index < -0.39 is 23.5 Å². The number of nitrogens with one attached hydrogen (secondary N) is 1. The molecule has 0 spiro atoms. The molecule has 1 aromatic heterocycles. The molecular formula is C8H9BrN2O5S. The first-order chi connectivity index (χ1) is 7.99. The zero-order valence-corrected chi connectivity index (χ0v) is 10.9. The molecular weight excluding hydrogens is 316 g/mol. The lowest BCUT2D eigenvalue weighted by atomic mass is 10.2. The van der Waals surface area contributed by atoms with Crippen LogP contribution in [0.1, 0.15) is 10.9 Å². The lowest BCUT2D eigenvalue weighted by Crippen LogP contribution is -2.29. The van der Waals surface area contributed by atoms with E-state index in [2.05, 4.69) is 26.2 Å². The van der Waals surface area contributed by atoms with Gasteiger partial charge in [0, 0.05) is 19.7 Å². The summed E-state index contributed by atoms with van der Waals surface area (Å²) in [7, 11) is 0. The van der Waals surface area contributed by atoms with E-state index in [9.17, 15) is 14.9 Å². The van der Waals surface area contributed by atoms with Crippen LogP contribution in [-0.2, 0) is 9.63 Å². The number of carbonyl (C=O) groups is 1. The van der Waals surface area contributed by atoms with E-state index in [1.807, 2.05) is 0 Å². The highest BCUT2D eigenvalue weighted by atomic mass is 79.9. The van der Waals surface area contributed by atoms with E-state index in [0.717, 1.165) is 4.47 Å². The van der Waals surface area contributed by atoms with Crippen LogP contribution in [0, 0.1) is 10.1 Å². The Labute approximate surface area is 109 Å². The van der Waals surface area contributed by atoms with Gasteiger partial charge in [-0.25, -0.2) is 4.79 Å². The highest BCUT2D eigenvalue weighted by Gasteiger charge is 2.20. The van der Waals surface area contributed by atoms with E-state index in [4.69, 9.17) is 5.11 Å². The van der Waals surface area contributed by atoms with Crippen LogP contribution < -0.4 is 5.48 Å². The topological polar surface area (TPSA) is 102 Å². The Morgan fingerprint density at radius 1 is 1.76 bits per heavy atom. The molecule has 1 aromatic rings. The summed E-state index contributed by atoms with van der Waals surface area (Å²) in [6, 6.07) is 1.05. The van der Waals surface area contributed by atoms with Gasteiger partial charge in [0.05, 0.1) is 0 Å². The van der Waals surface area contributed by atoms with Crippen LogP contribution in [0.25, 0.3) is 0 Å². The van der Waals surface area contributed by atoms with Gasteiger partial charge < -0.3 is 5.11 Å². The van der Waals surface area contributed by atoms with Crippen molar-refractivity contribution < 1.29 is 19.7 Å². The maximum Gasteiger partial charge on any atom is 0.331 e. The standard InChI is InChI=1S/C8H9BrN2O5S/c9-5-1-7(17-4-5)6(2-11(14)15)10-16-3-8(12)13/h1,4,6,10H,2-3H2,(H,12,13). The SMILES string of the molecule is O=C(O)CONC(C[N+](=O)[O-])c1cc(Br)cs1. The Morgan fingerprint density at radius 3 is 2.94 bits per heavy atom. The average molecular weight is 325 g/mol. The fourth-order valence-electron chi connectivity index (χ4n) is 1.05. The summed E-state index contributed by atoms with van der Waals surface area (Å²) < 4.78 is 0.811. The molecule has 1 atom stereocenters. The predicted molar refractivity (Wildman–Crippen MR) is 63.3 cm³/mol. The van der Waals surface area contributed by atoms with Crippen LogP contribution >= 0.6 is 27.3 Å². The summed E-state index contributed by atoms with van der Waals surface area (Å²) in [5.41, 5.74) is 2.38. The van der Waals surface area contributed by atoms with Gasteiger partial charge in [0.25, 0.3) is 0 Å². The normalized spacial score (nSPS) is 12.3. The molecule has 0 aliphatic carbocycles. The van der Waals surface area contributed by atoms with Gasteiger partial charge in [0.15, 0.2) is 6.61 Å².